The highest BCUT2D eigenvalue weighted by Gasteiger charge is 2.18. The maximum absolute atomic E-state index is 13.0. The lowest BCUT2D eigenvalue weighted by Gasteiger charge is -2.23. The SMILES string of the molecule is C=C(C)CC(=O)Nc1ccc(CC(=O)N(CCO)c2cccc3cccnc23)cc1. The molecule has 1 heterocycles. The second-order valence-electron chi connectivity index (χ2n) is 7.18. The standard InChI is InChI=1S/C24H25N3O3/c1-17(2)15-22(29)26-20-10-8-18(9-11-20)16-23(30)27(13-14-28)21-7-3-5-19-6-4-12-25-24(19)21/h3-12,28H,1,13-16H2,2H3,(H,26,29). The maximum Gasteiger partial charge on any atom is 0.231 e. The third kappa shape index (κ3) is 5.30. The summed E-state index contributed by atoms with van der Waals surface area (Å²) in [5, 5.41) is 13.2. The molecule has 0 saturated heterocycles. The van der Waals surface area contributed by atoms with Gasteiger partial charge in [-0.2, -0.15) is 0 Å². The van der Waals surface area contributed by atoms with Crippen molar-refractivity contribution in [2.75, 3.05) is 23.4 Å². The monoisotopic (exact) mass is 403 g/mol. The predicted molar refractivity (Wildman–Crippen MR) is 119 cm³/mol. The Labute approximate surface area is 175 Å². The van der Waals surface area contributed by atoms with Gasteiger partial charge in [-0.05, 0) is 36.8 Å². The minimum atomic E-state index is -0.150. The first-order valence-corrected chi connectivity index (χ1v) is 9.76. The molecule has 3 aromatic rings. The molecular weight excluding hydrogens is 378 g/mol. The van der Waals surface area contributed by atoms with Crippen LogP contribution < -0.4 is 10.2 Å². The number of aliphatic hydroxyl groups is 1. The van der Waals surface area contributed by atoms with E-state index in [1.54, 1.807) is 30.2 Å². The van der Waals surface area contributed by atoms with Crippen LogP contribution in [0.3, 0.4) is 0 Å². The number of anilines is 2. The van der Waals surface area contributed by atoms with Crippen LogP contribution in [-0.4, -0.2) is 35.1 Å². The van der Waals surface area contributed by atoms with Gasteiger partial charge in [-0.3, -0.25) is 14.6 Å². The molecule has 0 aliphatic heterocycles. The lowest BCUT2D eigenvalue weighted by Crippen LogP contribution is -2.35. The number of aromatic nitrogens is 1. The molecule has 0 fully saturated rings. The van der Waals surface area contributed by atoms with E-state index in [1.807, 2.05) is 42.5 Å². The van der Waals surface area contributed by atoms with Crippen molar-refractivity contribution in [1.82, 2.24) is 4.98 Å². The molecule has 0 bridgehead atoms. The third-order valence-corrected chi connectivity index (χ3v) is 4.58. The summed E-state index contributed by atoms with van der Waals surface area (Å²) in [6.45, 7) is 5.57. The number of para-hydroxylation sites is 1. The second-order valence-corrected chi connectivity index (χ2v) is 7.18. The van der Waals surface area contributed by atoms with Gasteiger partial charge >= 0.3 is 0 Å². The fourth-order valence-corrected chi connectivity index (χ4v) is 3.24. The van der Waals surface area contributed by atoms with Crippen LogP contribution in [0.5, 0.6) is 0 Å². The highest BCUT2D eigenvalue weighted by Crippen LogP contribution is 2.25. The Kier molecular flexibility index (Phi) is 6.93. The fraction of sp³-hybridized carbons (Fsp3) is 0.208. The fourth-order valence-electron chi connectivity index (χ4n) is 3.24. The summed E-state index contributed by atoms with van der Waals surface area (Å²) in [4.78, 5) is 30.9. The summed E-state index contributed by atoms with van der Waals surface area (Å²) in [5.74, 6) is -0.259. The lowest BCUT2D eigenvalue weighted by molar-refractivity contribution is -0.118. The number of fused-ring (bicyclic) bond motifs is 1. The van der Waals surface area contributed by atoms with Crippen LogP contribution in [0.4, 0.5) is 11.4 Å². The first kappa shape index (κ1) is 21.2. The number of carbonyl (C=O) groups is 2. The number of hydrogen-bond acceptors (Lipinski definition) is 4. The number of rotatable bonds is 8. The molecule has 0 aliphatic carbocycles. The van der Waals surface area contributed by atoms with Crippen LogP contribution in [0, 0.1) is 0 Å². The summed E-state index contributed by atoms with van der Waals surface area (Å²) in [6.07, 6.45) is 2.13. The highest BCUT2D eigenvalue weighted by molar-refractivity contribution is 6.02. The number of amides is 2. The Morgan fingerprint density at radius 1 is 1.10 bits per heavy atom. The average Bonchev–Trinajstić information content (AvgIpc) is 2.72. The third-order valence-electron chi connectivity index (χ3n) is 4.58. The summed E-state index contributed by atoms with van der Waals surface area (Å²) in [5.41, 5.74) is 3.67. The molecule has 2 amide bonds. The summed E-state index contributed by atoms with van der Waals surface area (Å²) in [7, 11) is 0. The van der Waals surface area contributed by atoms with Crippen LogP contribution in [0.1, 0.15) is 18.9 Å². The molecule has 6 nitrogen and oxygen atoms in total. The van der Waals surface area contributed by atoms with Crippen molar-refractivity contribution in [2.45, 2.75) is 19.8 Å². The molecule has 6 heteroatoms. The van der Waals surface area contributed by atoms with E-state index in [9.17, 15) is 14.7 Å². The number of nitrogens with zero attached hydrogens (tertiary/aromatic N) is 2. The molecule has 0 aliphatic rings. The van der Waals surface area contributed by atoms with E-state index in [0.717, 1.165) is 22.0 Å². The Hall–Kier alpha value is -3.51. The van der Waals surface area contributed by atoms with Gasteiger partial charge in [0.1, 0.15) is 0 Å². The highest BCUT2D eigenvalue weighted by atomic mass is 16.3. The summed E-state index contributed by atoms with van der Waals surface area (Å²) >= 11 is 0. The van der Waals surface area contributed by atoms with Gasteiger partial charge in [0.15, 0.2) is 0 Å². The first-order chi connectivity index (χ1) is 14.5. The van der Waals surface area contributed by atoms with Gasteiger partial charge in [-0.15, -0.1) is 0 Å². The van der Waals surface area contributed by atoms with Gasteiger partial charge in [-0.25, -0.2) is 0 Å². The van der Waals surface area contributed by atoms with E-state index in [4.69, 9.17) is 0 Å². The topological polar surface area (TPSA) is 82.5 Å². The van der Waals surface area contributed by atoms with Gasteiger partial charge in [-0.1, -0.05) is 42.5 Å². The lowest BCUT2D eigenvalue weighted by atomic mass is 10.1. The van der Waals surface area contributed by atoms with E-state index >= 15 is 0 Å². The Bertz CT molecular complexity index is 1060. The van der Waals surface area contributed by atoms with E-state index < -0.39 is 0 Å². The van der Waals surface area contributed by atoms with Gasteiger partial charge < -0.3 is 15.3 Å². The van der Waals surface area contributed by atoms with Gasteiger partial charge in [0, 0.05) is 30.2 Å². The minimum absolute atomic E-state index is 0.121. The molecule has 30 heavy (non-hydrogen) atoms. The summed E-state index contributed by atoms with van der Waals surface area (Å²) < 4.78 is 0. The van der Waals surface area contributed by atoms with Gasteiger partial charge in [0.05, 0.1) is 24.2 Å². The number of carbonyl (C=O) groups excluding carboxylic acids is 2. The Morgan fingerprint density at radius 2 is 1.83 bits per heavy atom. The van der Waals surface area contributed by atoms with Crippen molar-refractivity contribution in [3.63, 3.8) is 0 Å². The molecule has 2 aromatic carbocycles. The summed E-state index contributed by atoms with van der Waals surface area (Å²) in [6, 6.07) is 16.6. The van der Waals surface area contributed by atoms with Crippen LogP contribution in [0.2, 0.25) is 0 Å². The molecule has 0 unspecified atom stereocenters. The molecule has 0 saturated carbocycles. The van der Waals surface area contributed by atoms with E-state index in [0.29, 0.717) is 11.4 Å². The van der Waals surface area contributed by atoms with Crippen LogP contribution in [-0.2, 0) is 16.0 Å². The zero-order chi connectivity index (χ0) is 21.5. The van der Waals surface area contributed by atoms with Crippen molar-refractivity contribution >= 4 is 34.1 Å². The molecule has 154 valence electrons. The van der Waals surface area contributed by atoms with Crippen LogP contribution in [0.15, 0.2) is 72.9 Å². The molecule has 2 N–H and O–H groups in total. The van der Waals surface area contributed by atoms with Crippen molar-refractivity contribution in [3.05, 3.63) is 78.5 Å². The normalized spacial score (nSPS) is 10.6. The van der Waals surface area contributed by atoms with Crippen molar-refractivity contribution in [3.8, 4) is 0 Å². The predicted octanol–water partition coefficient (Wildman–Crippen LogP) is 3.71. The number of hydrogen-bond donors (Lipinski definition) is 2. The average molecular weight is 403 g/mol. The van der Waals surface area contributed by atoms with Crippen molar-refractivity contribution in [2.24, 2.45) is 0 Å². The molecule has 1 aromatic heterocycles. The van der Waals surface area contributed by atoms with Gasteiger partial charge in [0.2, 0.25) is 11.8 Å². The number of benzene rings is 2. The number of nitrogens with one attached hydrogen (secondary N) is 1. The quantitative estimate of drug-likeness (QED) is 0.562. The molecule has 3 rings (SSSR count). The Morgan fingerprint density at radius 3 is 2.53 bits per heavy atom. The molecule has 0 spiro atoms. The van der Waals surface area contributed by atoms with Gasteiger partial charge in [0.25, 0.3) is 0 Å². The maximum atomic E-state index is 13.0. The van der Waals surface area contributed by atoms with E-state index in [2.05, 4.69) is 16.9 Å². The zero-order valence-corrected chi connectivity index (χ0v) is 17.0. The van der Waals surface area contributed by atoms with Crippen molar-refractivity contribution < 1.29 is 14.7 Å². The Balaban J connectivity index is 1.75. The first-order valence-electron chi connectivity index (χ1n) is 9.76. The number of pyridine rings is 1. The molecule has 0 atom stereocenters. The smallest absolute Gasteiger partial charge is 0.231 e. The molecular formula is C24H25N3O3. The minimum Gasteiger partial charge on any atom is -0.395 e. The van der Waals surface area contributed by atoms with Crippen molar-refractivity contribution in [1.29, 1.82) is 0 Å². The molecule has 0 radical (unpaired) electrons. The van der Waals surface area contributed by atoms with Crippen LogP contribution in [0.25, 0.3) is 10.9 Å². The van der Waals surface area contributed by atoms with E-state index in [-0.39, 0.29) is 37.8 Å². The second kappa shape index (κ2) is 9.80. The zero-order valence-electron chi connectivity index (χ0n) is 17.0. The van der Waals surface area contributed by atoms with E-state index in [1.165, 1.54) is 0 Å². The van der Waals surface area contributed by atoms with Crippen LogP contribution >= 0.6 is 0 Å². The largest absolute Gasteiger partial charge is 0.395 e. The number of aliphatic hydroxyl groups excluding tert-OH is 1.